The first kappa shape index (κ1) is 16.2. The minimum absolute atomic E-state index is 0.0654. The van der Waals surface area contributed by atoms with Crippen molar-refractivity contribution < 1.29 is 19.0 Å². The zero-order chi connectivity index (χ0) is 15.2. The molecule has 1 heterocycles. The number of carbonyl (C=O) groups excluding carboxylic acids is 1. The van der Waals surface area contributed by atoms with Crippen molar-refractivity contribution in [2.24, 2.45) is 5.92 Å². The van der Waals surface area contributed by atoms with Gasteiger partial charge in [0, 0.05) is 25.6 Å². The quantitative estimate of drug-likeness (QED) is 0.771. The van der Waals surface area contributed by atoms with Crippen LogP contribution in [0.4, 0.5) is 4.39 Å². The molecule has 5 nitrogen and oxygen atoms in total. The molecule has 0 radical (unpaired) electrons. The Balaban J connectivity index is 2.14. The van der Waals surface area contributed by atoms with Crippen molar-refractivity contribution in [2.45, 2.75) is 6.10 Å². The highest BCUT2D eigenvalue weighted by Gasteiger charge is 2.27. The molecule has 0 spiro atoms. The van der Waals surface area contributed by atoms with E-state index in [1.807, 2.05) is 0 Å². The number of rotatable bonds is 4. The predicted molar refractivity (Wildman–Crippen MR) is 76.6 cm³/mol. The smallest absolute Gasteiger partial charge is 0.245 e. The normalized spacial score (nSPS) is 22.6. The SMILES string of the molecule is O=C(CO)NC[C@@H]1CNCCO[C@H]1c1ccc(Cl)c(F)c1. The molecule has 2 atom stereocenters. The maximum atomic E-state index is 13.6. The van der Waals surface area contributed by atoms with Crippen LogP contribution in [0.25, 0.3) is 0 Å². The van der Waals surface area contributed by atoms with Crippen molar-refractivity contribution in [2.75, 3.05) is 32.8 Å². The Kier molecular flexibility index (Phi) is 5.93. The summed E-state index contributed by atoms with van der Waals surface area (Å²) in [6, 6.07) is 4.58. The fourth-order valence-electron chi connectivity index (χ4n) is 2.33. The second-order valence-electron chi connectivity index (χ2n) is 4.89. The standard InChI is InChI=1S/C14H18ClFN2O3/c15-11-2-1-9(5-12(11)16)14-10(6-17-3-4-21-14)7-18-13(20)8-19/h1-2,5,10,14,17,19H,3-4,6-8H2,(H,18,20)/t10-,14-/m0/s1. The molecular weight excluding hydrogens is 299 g/mol. The minimum Gasteiger partial charge on any atom is -0.387 e. The van der Waals surface area contributed by atoms with Crippen molar-refractivity contribution >= 4 is 17.5 Å². The van der Waals surface area contributed by atoms with Crippen molar-refractivity contribution in [3.8, 4) is 0 Å². The Labute approximate surface area is 127 Å². The van der Waals surface area contributed by atoms with Gasteiger partial charge in [-0.2, -0.15) is 0 Å². The van der Waals surface area contributed by atoms with Crippen molar-refractivity contribution in [3.63, 3.8) is 0 Å². The molecule has 0 aromatic heterocycles. The van der Waals surface area contributed by atoms with E-state index in [0.29, 0.717) is 31.8 Å². The maximum absolute atomic E-state index is 13.6. The first-order valence-electron chi connectivity index (χ1n) is 6.76. The third-order valence-corrected chi connectivity index (χ3v) is 3.69. The van der Waals surface area contributed by atoms with Gasteiger partial charge in [-0.3, -0.25) is 4.79 Å². The minimum atomic E-state index is -0.554. The van der Waals surface area contributed by atoms with Gasteiger partial charge >= 0.3 is 0 Å². The highest BCUT2D eigenvalue weighted by molar-refractivity contribution is 6.30. The fourth-order valence-corrected chi connectivity index (χ4v) is 2.44. The molecule has 0 unspecified atom stereocenters. The number of hydrogen-bond donors (Lipinski definition) is 3. The lowest BCUT2D eigenvalue weighted by molar-refractivity contribution is -0.124. The molecule has 1 aromatic carbocycles. The van der Waals surface area contributed by atoms with Gasteiger partial charge < -0.3 is 20.5 Å². The number of carbonyl (C=O) groups is 1. The number of aliphatic hydroxyl groups is 1. The van der Waals surface area contributed by atoms with Crippen molar-refractivity contribution in [1.29, 1.82) is 0 Å². The van der Waals surface area contributed by atoms with E-state index in [1.54, 1.807) is 6.07 Å². The van der Waals surface area contributed by atoms with Gasteiger partial charge in [0.25, 0.3) is 0 Å². The van der Waals surface area contributed by atoms with Crippen LogP contribution in [0, 0.1) is 11.7 Å². The Morgan fingerprint density at radius 3 is 3.10 bits per heavy atom. The van der Waals surface area contributed by atoms with Crippen LogP contribution in [0.5, 0.6) is 0 Å². The summed E-state index contributed by atoms with van der Waals surface area (Å²) in [4.78, 5) is 11.2. The lowest BCUT2D eigenvalue weighted by atomic mass is 9.95. The molecule has 1 aromatic rings. The van der Waals surface area contributed by atoms with E-state index in [2.05, 4.69) is 10.6 Å². The lowest BCUT2D eigenvalue weighted by Gasteiger charge is -2.25. The van der Waals surface area contributed by atoms with Crippen molar-refractivity contribution in [1.82, 2.24) is 10.6 Å². The number of aliphatic hydroxyl groups excluding tert-OH is 1. The van der Waals surface area contributed by atoms with Crippen LogP contribution in [0.1, 0.15) is 11.7 Å². The van der Waals surface area contributed by atoms with Crippen LogP contribution in [0.2, 0.25) is 5.02 Å². The highest BCUT2D eigenvalue weighted by Crippen LogP contribution is 2.29. The fraction of sp³-hybridized carbons (Fsp3) is 0.500. The average molecular weight is 317 g/mol. The second kappa shape index (κ2) is 7.70. The van der Waals surface area contributed by atoms with Crippen LogP contribution in [0.3, 0.4) is 0 Å². The van der Waals surface area contributed by atoms with Crippen LogP contribution in [-0.4, -0.2) is 43.9 Å². The van der Waals surface area contributed by atoms with Crippen molar-refractivity contribution in [3.05, 3.63) is 34.6 Å². The largest absolute Gasteiger partial charge is 0.387 e. The highest BCUT2D eigenvalue weighted by atomic mass is 35.5. The molecule has 21 heavy (non-hydrogen) atoms. The zero-order valence-electron chi connectivity index (χ0n) is 11.4. The number of ether oxygens (including phenoxy) is 1. The summed E-state index contributed by atoms with van der Waals surface area (Å²) in [5, 5.41) is 14.6. The van der Waals surface area contributed by atoms with E-state index in [-0.39, 0.29) is 17.0 Å². The summed E-state index contributed by atoms with van der Waals surface area (Å²) in [7, 11) is 0. The molecule has 0 saturated carbocycles. The summed E-state index contributed by atoms with van der Waals surface area (Å²) >= 11 is 5.70. The molecular formula is C14H18ClFN2O3. The maximum Gasteiger partial charge on any atom is 0.245 e. The Bertz CT molecular complexity index is 501. The molecule has 0 bridgehead atoms. The van der Waals surface area contributed by atoms with Gasteiger partial charge in [0.2, 0.25) is 5.91 Å². The number of hydrogen-bond acceptors (Lipinski definition) is 4. The Morgan fingerprint density at radius 1 is 1.57 bits per heavy atom. The number of benzene rings is 1. The van der Waals surface area contributed by atoms with Crippen LogP contribution >= 0.6 is 11.6 Å². The second-order valence-corrected chi connectivity index (χ2v) is 5.30. The van der Waals surface area contributed by atoms with E-state index in [1.165, 1.54) is 12.1 Å². The van der Waals surface area contributed by atoms with Crippen LogP contribution in [0.15, 0.2) is 18.2 Å². The monoisotopic (exact) mass is 316 g/mol. The van der Waals surface area contributed by atoms with E-state index in [4.69, 9.17) is 21.4 Å². The van der Waals surface area contributed by atoms with Gasteiger partial charge in [-0.05, 0) is 17.7 Å². The lowest BCUT2D eigenvalue weighted by Crippen LogP contribution is -2.37. The van der Waals surface area contributed by atoms with E-state index in [0.717, 1.165) is 0 Å². The number of amides is 1. The van der Waals surface area contributed by atoms with Crippen LogP contribution < -0.4 is 10.6 Å². The summed E-state index contributed by atoms with van der Waals surface area (Å²) in [6.45, 7) is 1.60. The molecule has 7 heteroatoms. The molecule has 0 aliphatic carbocycles. The average Bonchev–Trinajstić information content (AvgIpc) is 2.73. The van der Waals surface area contributed by atoms with E-state index >= 15 is 0 Å². The molecule has 2 rings (SSSR count). The summed E-state index contributed by atoms with van der Waals surface area (Å²) in [5.41, 5.74) is 0.684. The Morgan fingerprint density at radius 2 is 2.38 bits per heavy atom. The summed E-state index contributed by atoms with van der Waals surface area (Å²) < 4.78 is 19.4. The van der Waals surface area contributed by atoms with Crippen LogP contribution in [-0.2, 0) is 9.53 Å². The van der Waals surface area contributed by atoms with Gasteiger partial charge in [-0.1, -0.05) is 17.7 Å². The van der Waals surface area contributed by atoms with E-state index in [9.17, 15) is 9.18 Å². The molecule has 1 amide bonds. The third kappa shape index (κ3) is 4.38. The first-order chi connectivity index (χ1) is 10.1. The first-order valence-corrected chi connectivity index (χ1v) is 7.14. The van der Waals surface area contributed by atoms with Gasteiger partial charge in [0.1, 0.15) is 12.4 Å². The van der Waals surface area contributed by atoms with Gasteiger partial charge in [0.05, 0.1) is 17.7 Å². The topological polar surface area (TPSA) is 70.6 Å². The van der Waals surface area contributed by atoms with Gasteiger partial charge in [0.15, 0.2) is 0 Å². The zero-order valence-corrected chi connectivity index (χ0v) is 12.2. The third-order valence-electron chi connectivity index (χ3n) is 3.39. The Hall–Kier alpha value is -1.21. The molecule has 3 N–H and O–H groups in total. The number of nitrogens with one attached hydrogen (secondary N) is 2. The summed E-state index contributed by atoms with van der Waals surface area (Å²) in [6.07, 6.45) is -0.342. The van der Waals surface area contributed by atoms with Gasteiger partial charge in [-0.25, -0.2) is 4.39 Å². The van der Waals surface area contributed by atoms with Gasteiger partial charge in [-0.15, -0.1) is 0 Å². The molecule has 1 aliphatic rings. The predicted octanol–water partition coefficient (Wildman–Crippen LogP) is 0.865. The molecule has 116 valence electrons. The summed E-state index contributed by atoms with van der Waals surface area (Å²) in [5.74, 6) is -1.00. The molecule has 1 fully saturated rings. The molecule has 1 saturated heterocycles. The van der Waals surface area contributed by atoms with E-state index < -0.39 is 18.3 Å². The molecule has 1 aliphatic heterocycles. The number of halogens is 2.